The predicted molar refractivity (Wildman–Crippen MR) is 121 cm³/mol. The topological polar surface area (TPSA) is 79.6 Å². The molecule has 0 bridgehead atoms. The van der Waals surface area contributed by atoms with E-state index in [-0.39, 0.29) is 16.7 Å². The number of hydrogen-bond donors (Lipinski definition) is 0. The van der Waals surface area contributed by atoms with Crippen LogP contribution in [0, 0.1) is 22.7 Å². The molecule has 31 heavy (non-hydrogen) atoms. The molecule has 1 fully saturated rings. The van der Waals surface area contributed by atoms with Gasteiger partial charge in [0.25, 0.3) is 0 Å². The summed E-state index contributed by atoms with van der Waals surface area (Å²) in [7, 11) is -4.76. The summed E-state index contributed by atoms with van der Waals surface area (Å²) in [6, 6.07) is 1.95. The van der Waals surface area contributed by atoms with Gasteiger partial charge in [-0.1, -0.05) is 45.3 Å². The van der Waals surface area contributed by atoms with Crippen LogP contribution in [0.15, 0.2) is 34.2 Å². The van der Waals surface area contributed by atoms with Crippen LogP contribution < -0.4 is 0 Å². The fraction of sp³-hybridized carbons (Fsp3) is 0.760. The van der Waals surface area contributed by atoms with Crippen molar-refractivity contribution in [2.75, 3.05) is 0 Å². The van der Waals surface area contributed by atoms with E-state index in [2.05, 4.69) is 27.7 Å². The lowest BCUT2D eigenvalue weighted by Gasteiger charge is -2.55. The summed E-state index contributed by atoms with van der Waals surface area (Å²) in [4.78, 5) is 0. The molecule has 1 heterocycles. The van der Waals surface area contributed by atoms with E-state index in [0.29, 0.717) is 12.3 Å². The molecule has 5 nitrogen and oxygen atoms in total. The molecule has 3 unspecified atom stereocenters. The average Bonchev–Trinajstić information content (AvgIpc) is 3.15. The van der Waals surface area contributed by atoms with Crippen molar-refractivity contribution in [3.8, 4) is 0 Å². The molecule has 1 saturated carbocycles. The zero-order valence-electron chi connectivity index (χ0n) is 19.8. The van der Waals surface area contributed by atoms with Crippen LogP contribution in [0.3, 0.4) is 0 Å². The first-order valence-electron chi connectivity index (χ1n) is 11.8. The Morgan fingerprint density at radius 3 is 2.68 bits per heavy atom. The Morgan fingerprint density at radius 2 is 2.03 bits per heavy atom. The van der Waals surface area contributed by atoms with E-state index in [1.807, 2.05) is 13.0 Å². The van der Waals surface area contributed by atoms with Gasteiger partial charge in [0.1, 0.15) is 0 Å². The van der Waals surface area contributed by atoms with Crippen LogP contribution in [0.4, 0.5) is 0 Å². The van der Waals surface area contributed by atoms with Gasteiger partial charge < -0.3 is 8.97 Å². The van der Waals surface area contributed by atoms with Crippen molar-refractivity contribution in [2.45, 2.75) is 98.5 Å². The predicted octanol–water partition coefficient (Wildman–Crippen LogP) is 6.42. The van der Waals surface area contributed by atoms with Gasteiger partial charge in [-0.05, 0) is 92.6 Å². The van der Waals surface area contributed by atoms with Crippen molar-refractivity contribution >= 4 is 10.4 Å². The maximum absolute atomic E-state index is 11.6. The lowest BCUT2D eigenvalue weighted by Crippen LogP contribution is -2.46. The third-order valence-electron chi connectivity index (χ3n) is 8.23. The van der Waals surface area contributed by atoms with Gasteiger partial charge in [0.2, 0.25) is 10.4 Å². The molecule has 3 rings (SSSR count). The minimum Gasteiger partial charge on any atom is -0.726 e. The third kappa shape index (κ3) is 5.82. The van der Waals surface area contributed by atoms with Crippen molar-refractivity contribution in [2.24, 2.45) is 22.7 Å². The Labute approximate surface area is 188 Å². The molecule has 0 aromatic carbocycles. The van der Waals surface area contributed by atoms with Gasteiger partial charge >= 0.3 is 0 Å². The van der Waals surface area contributed by atoms with Crippen LogP contribution in [0.25, 0.3) is 0 Å². The summed E-state index contributed by atoms with van der Waals surface area (Å²) >= 11 is 0. The molecule has 6 heteroatoms. The summed E-state index contributed by atoms with van der Waals surface area (Å²) in [5.41, 5.74) is 4.16. The van der Waals surface area contributed by atoms with E-state index in [1.54, 1.807) is 12.5 Å². The fourth-order valence-electron chi connectivity index (χ4n) is 6.53. The molecule has 0 aliphatic heterocycles. The largest absolute Gasteiger partial charge is 0.726 e. The maximum Gasteiger partial charge on any atom is 0.217 e. The first-order valence-corrected chi connectivity index (χ1v) is 13.1. The van der Waals surface area contributed by atoms with Crippen molar-refractivity contribution < 1.29 is 21.6 Å². The molecule has 0 spiro atoms. The molecule has 0 saturated heterocycles. The summed E-state index contributed by atoms with van der Waals surface area (Å²) in [5.74, 6) is 0.546. The highest BCUT2D eigenvalue weighted by Gasteiger charge is 2.50. The van der Waals surface area contributed by atoms with E-state index >= 15 is 0 Å². The Morgan fingerprint density at radius 1 is 1.29 bits per heavy atom. The van der Waals surface area contributed by atoms with Crippen molar-refractivity contribution in [3.63, 3.8) is 0 Å². The SMILES string of the molecule is CC1=C(CC(OS(=O)(=O)[O-])C(C)CCCc2ccoc2)[C@@]2(C)CCCC(C)(C)C2CC1. The smallest absolute Gasteiger partial charge is 0.217 e. The van der Waals surface area contributed by atoms with Crippen LogP contribution in [0.2, 0.25) is 0 Å². The van der Waals surface area contributed by atoms with Crippen molar-refractivity contribution in [3.05, 3.63) is 35.3 Å². The standard InChI is InChI=1S/C25H40O5S/c1-18-10-11-23-24(3,4)13-7-14-25(23,5)21(18)16-22(30-31(26,27)28)19(2)8-6-9-20-12-15-29-17-20/h12,15,17,19,22-23H,6-11,13-14,16H2,1-5H3,(H,26,27,28)/p-1/t19?,22?,23?,25-/m1/s1. The third-order valence-corrected chi connectivity index (χ3v) is 8.71. The Balaban J connectivity index is 1.78. The lowest BCUT2D eigenvalue weighted by atomic mass is 9.49. The first-order chi connectivity index (χ1) is 14.4. The van der Waals surface area contributed by atoms with Crippen LogP contribution in [-0.4, -0.2) is 19.1 Å². The second-order valence-electron chi connectivity index (χ2n) is 10.9. The summed E-state index contributed by atoms with van der Waals surface area (Å²) in [5, 5.41) is 0. The first kappa shape index (κ1) is 24.5. The molecule has 2 aliphatic rings. The van der Waals surface area contributed by atoms with Gasteiger partial charge in [-0.3, -0.25) is 4.18 Å². The minimum atomic E-state index is -4.76. The number of fused-ring (bicyclic) bond motifs is 1. The van der Waals surface area contributed by atoms with Crippen LogP contribution in [0.1, 0.15) is 91.5 Å². The Hall–Kier alpha value is -1.11. The highest BCUT2D eigenvalue weighted by atomic mass is 32.3. The molecule has 1 aromatic rings. The van der Waals surface area contributed by atoms with Crippen LogP contribution in [-0.2, 0) is 21.0 Å². The van der Waals surface area contributed by atoms with Crippen LogP contribution >= 0.6 is 0 Å². The molecular weight excluding hydrogens is 412 g/mol. The van der Waals surface area contributed by atoms with E-state index in [9.17, 15) is 13.0 Å². The van der Waals surface area contributed by atoms with E-state index in [0.717, 1.165) is 37.7 Å². The zero-order chi connectivity index (χ0) is 22.9. The average molecular weight is 452 g/mol. The number of allylic oxidation sites excluding steroid dienone is 1. The molecule has 2 aliphatic carbocycles. The Kier molecular flexibility index (Phi) is 7.44. The van der Waals surface area contributed by atoms with Gasteiger partial charge in [-0.2, -0.15) is 0 Å². The molecule has 4 atom stereocenters. The number of furan rings is 1. The molecular formula is C25H39O5S-. The van der Waals surface area contributed by atoms with Gasteiger partial charge in [-0.15, -0.1) is 0 Å². The summed E-state index contributed by atoms with van der Waals surface area (Å²) < 4.78 is 45.1. The molecule has 0 N–H and O–H groups in total. The lowest BCUT2D eigenvalue weighted by molar-refractivity contribution is 0.00418. The van der Waals surface area contributed by atoms with Crippen molar-refractivity contribution in [1.82, 2.24) is 0 Å². The number of aryl methyl sites for hydroxylation is 1. The number of hydrogen-bond acceptors (Lipinski definition) is 5. The monoisotopic (exact) mass is 451 g/mol. The highest BCUT2D eigenvalue weighted by Crippen LogP contribution is 2.60. The summed E-state index contributed by atoms with van der Waals surface area (Å²) in [6.45, 7) is 11.3. The van der Waals surface area contributed by atoms with E-state index in [4.69, 9.17) is 8.60 Å². The van der Waals surface area contributed by atoms with Gasteiger partial charge in [0.05, 0.1) is 18.6 Å². The van der Waals surface area contributed by atoms with Gasteiger partial charge in [0, 0.05) is 0 Å². The van der Waals surface area contributed by atoms with Crippen molar-refractivity contribution in [1.29, 1.82) is 0 Å². The van der Waals surface area contributed by atoms with Gasteiger partial charge in [-0.25, -0.2) is 8.42 Å². The fourth-order valence-corrected chi connectivity index (χ4v) is 7.09. The zero-order valence-corrected chi connectivity index (χ0v) is 20.6. The second-order valence-corrected chi connectivity index (χ2v) is 11.9. The molecule has 1 aromatic heterocycles. The molecule has 176 valence electrons. The van der Waals surface area contributed by atoms with Gasteiger partial charge in [0.15, 0.2) is 0 Å². The quantitative estimate of drug-likeness (QED) is 0.246. The molecule has 0 radical (unpaired) electrons. The highest BCUT2D eigenvalue weighted by molar-refractivity contribution is 7.80. The molecule has 0 amide bonds. The summed E-state index contributed by atoms with van der Waals surface area (Å²) in [6.07, 6.45) is 11.6. The maximum atomic E-state index is 11.6. The number of rotatable bonds is 9. The van der Waals surface area contributed by atoms with Crippen LogP contribution in [0.5, 0.6) is 0 Å². The second kappa shape index (κ2) is 9.40. The minimum absolute atomic E-state index is 0.0310. The van der Waals surface area contributed by atoms with E-state index in [1.165, 1.54) is 30.4 Å². The Bertz CT molecular complexity index is 868. The van der Waals surface area contributed by atoms with E-state index < -0.39 is 16.5 Å². The normalized spacial score (nSPS) is 28.3.